The molecule has 0 fully saturated rings. The second-order valence-electron chi connectivity index (χ2n) is 9.01. The van der Waals surface area contributed by atoms with Gasteiger partial charge in [-0.2, -0.15) is 0 Å². The van der Waals surface area contributed by atoms with E-state index in [-0.39, 0.29) is 44.4 Å². The highest BCUT2D eigenvalue weighted by Gasteiger charge is 2.40. The number of aromatic carboxylic acids is 1. The van der Waals surface area contributed by atoms with E-state index in [9.17, 15) is 49.5 Å². The van der Waals surface area contributed by atoms with Crippen molar-refractivity contribution in [2.24, 2.45) is 5.92 Å². The number of carboxylic acids is 1. The minimum Gasteiger partial charge on any atom is -0.504 e. The first-order chi connectivity index (χ1) is 18.3. The third-order valence-electron chi connectivity index (χ3n) is 6.68. The van der Waals surface area contributed by atoms with Crippen LogP contribution >= 0.6 is 0 Å². The van der Waals surface area contributed by atoms with Gasteiger partial charge in [-0.3, -0.25) is 19.2 Å². The van der Waals surface area contributed by atoms with Crippen molar-refractivity contribution in [1.82, 2.24) is 0 Å². The zero-order chi connectivity index (χ0) is 28.5. The second-order valence-corrected chi connectivity index (χ2v) is 9.01. The summed E-state index contributed by atoms with van der Waals surface area (Å²) in [6, 6.07) is 3.96. The van der Waals surface area contributed by atoms with E-state index in [1.165, 1.54) is 13.8 Å². The van der Waals surface area contributed by atoms with Gasteiger partial charge in [0.05, 0.1) is 21.9 Å². The van der Waals surface area contributed by atoms with Crippen molar-refractivity contribution >= 4 is 45.3 Å². The van der Waals surface area contributed by atoms with Crippen LogP contribution in [0, 0.1) is 12.8 Å². The number of benzene rings is 3. The van der Waals surface area contributed by atoms with Crippen LogP contribution in [-0.2, 0) is 0 Å². The number of carbonyl (C=O) groups is 4. The van der Waals surface area contributed by atoms with Gasteiger partial charge in [0, 0.05) is 17.7 Å². The summed E-state index contributed by atoms with van der Waals surface area (Å²) in [5.74, 6) is -9.27. The van der Waals surface area contributed by atoms with E-state index >= 15 is 0 Å². The van der Waals surface area contributed by atoms with Gasteiger partial charge in [-0.05, 0) is 31.5 Å². The quantitative estimate of drug-likeness (QED) is 0.111. The van der Waals surface area contributed by atoms with Crippen molar-refractivity contribution < 1.29 is 53.9 Å². The predicted octanol–water partition coefficient (Wildman–Crippen LogP) is 3.05. The molecular weight excluding hydrogens is 516 g/mol. The standard InChI is InChI=1S/C27H18O12/c1-8-10(22(32)13-7-38-18-6-16(31)25(35)21(27(36)37)20(18)24(13)34)3-12-23(33)11-4-14(29)15(30)5-17(11)39-26(12)19(8)9(2)28/h3-6,13,29-31,35H,7H2,1-2H3,(H,36,37). The Morgan fingerprint density at radius 3 is 2.21 bits per heavy atom. The van der Waals surface area contributed by atoms with Crippen LogP contribution in [0.4, 0.5) is 0 Å². The lowest BCUT2D eigenvalue weighted by molar-refractivity contribution is 0.0657. The molecule has 5 rings (SSSR count). The SMILES string of the molecule is CC(=O)c1c(C)c(C(=O)C2COc3cc(O)c(O)c(C(=O)O)c3C2=O)cc2c(=O)c3cc(O)c(O)cc3oc12. The molecule has 1 unspecified atom stereocenters. The highest BCUT2D eigenvalue weighted by Crippen LogP contribution is 2.42. The first-order valence-corrected chi connectivity index (χ1v) is 11.3. The Morgan fingerprint density at radius 1 is 0.897 bits per heavy atom. The molecule has 0 amide bonds. The van der Waals surface area contributed by atoms with Gasteiger partial charge in [-0.15, -0.1) is 0 Å². The number of hydrogen-bond donors (Lipinski definition) is 5. The van der Waals surface area contributed by atoms with Crippen LogP contribution in [0.2, 0.25) is 0 Å². The summed E-state index contributed by atoms with van der Waals surface area (Å²) in [7, 11) is 0. The van der Waals surface area contributed by atoms with Crippen LogP contribution in [0.25, 0.3) is 21.9 Å². The van der Waals surface area contributed by atoms with Crippen LogP contribution in [0.1, 0.15) is 53.9 Å². The van der Waals surface area contributed by atoms with Gasteiger partial charge in [0.2, 0.25) is 5.43 Å². The number of rotatable bonds is 4. The number of fused-ring (bicyclic) bond motifs is 3. The van der Waals surface area contributed by atoms with Gasteiger partial charge in [0.1, 0.15) is 35.0 Å². The molecule has 39 heavy (non-hydrogen) atoms. The van der Waals surface area contributed by atoms with Crippen molar-refractivity contribution in [3.05, 3.63) is 62.3 Å². The van der Waals surface area contributed by atoms with E-state index in [0.29, 0.717) is 0 Å². The van der Waals surface area contributed by atoms with E-state index < -0.39 is 75.4 Å². The Hall–Kier alpha value is -5.39. The minimum absolute atomic E-state index is 0.0658. The van der Waals surface area contributed by atoms with Crippen LogP contribution in [0.3, 0.4) is 0 Å². The summed E-state index contributed by atoms with van der Waals surface area (Å²) >= 11 is 0. The lowest BCUT2D eigenvalue weighted by Gasteiger charge is -2.25. The molecule has 3 aromatic carbocycles. The molecule has 2 heterocycles. The van der Waals surface area contributed by atoms with Gasteiger partial charge in [0.25, 0.3) is 0 Å². The zero-order valence-corrected chi connectivity index (χ0v) is 20.2. The van der Waals surface area contributed by atoms with Crippen LogP contribution < -0.4 is 10.2 Å². The first-order valence-electron chi connectivity index (χ1n) is 11.3. The van der Waals surface area contributed by atoms with Gasteiger partial charge in [-0.25, -0.2) is 4.79 Å². The van der Waals surface area contributed by atoms with Crippen molar-refractivity contribution in [3.8, 4) is 28.7 Å². The lowest BCUT2D eigenvalue weighted by Crippen LogP contribution is -2.36. The third-order valence-corrected chi connectivity index (χ3v) is 6.68. The second kappa shape index (κ2) is 8.58. The number of hydrogen-bond acceptors (Lipinski definition) is 11. The van der Waals surface area contributed by atoms with Crippen molar-refractivity contribution in [1.29, 1.82) is 0 Å². The van der Waals surface area contributed by atoms with Crippen molar-refractivity contribution in [3.63, 3.8) is 0 Å². The predicted molar refractivity (Wildman–Crippen MR) is 132 cm³/mol. The molecule has 0 aliphatic carbocycles. The topological polar surface area (TPSA) is 209 Å². The molecule has 0 saturated carbocycles. The van der Waals surface area contributed by atoms with Crippen molar-refractivity contribution in [2.45, 2.75) is 13.8 Å². The highest BCUT2D eigenvalue weighted by atomic mass is 16.5. The number of phenols is 4. The third kappa shape index (κ3) is 3.64. The highest BCUT2D eigenvalue weighted by molar-refractivity contribution is 6.23. The summed E-state index contributed by atoms with van der Waals surface area (Å²) < 4.78 is 11.2. The molecule has 12 heteroatoms. The van der Waals surface area contributed by atoms with E-state index in [4.69, 9.17) is 9.15 Å². The fourth-order valence-corrected chi connectivity index (χ4v) is 4.79. The van der Waals surface area contributed by atoms with Crippen molar-refractivity contribution in [2.75, 3.05) is 6.61 Å². The molecule has 1 atom stereocenters. The number of carboxylic acid groups (broad SMARTS) is 1. The Bertz CT molecular complexity index is 1880. The molecule has 4 aromatic rings. The minimum atomic E-state index is -1.75. The van der Waals surface area contributed by atoms with Gasteiger partial charge >= 0.3 is 5.97 Å². The average molecular weight is 534 g/mol. The van der Waals surface area contributed by atoms with Crippen LogP contribution in [0.5, 0.6) is 28.7 Å². The van der Waals surface area contributed by atoms with Crippen LogP contribution in [-0.4, -0.2) is 55.5 Å². The molecule has 12 nitrogen and oxygen atoms in total. The average Bonchev–Trinajstić information content (AvgIpc) is 2.86. The van der Waals surface area contributed by atoms with E-state index in [2.05, 4.69) is 0 Å². The Balaban J connectivity index is 1.73. The maximum absolute atomic E-state index is 13.7. The summed E-state index contributed by atoms with van der Waals surface area (Å²) in [5, 5.41) is 48.7. The molecule has 0 saturated heterocycles. The van der Waals surface area contributed by atoms with E-state index in [1.807, 2.05) is 0 Å². The monoisotopic (exact) mass is 534 g/mol. The molecule has 1 aromatic heterocycles. The Labute approximate surface area is 216 Å². The molecule has 0 spiro atoms. The molecule has 1 aliphatic heterocycles. The summed E-state index contributed by atoms with van der Waals surface area (Å²) in [5.41, 5.74) is -2.88. The number of ether oxygens (including phenoxy) is 1. The largest absolute Gasteiger partial charge is 0.504 e. The molecule has 198 valence electrons. The van der Waals surface area contributed by atoms with Crippen LogP contribution in [0.15, 0.2) is 33.5 Å². The normalized spacial score (nSPS) is 14.7. The summed E-state index contributed by atoms with van der Waals surface area (Å²) in [6.45, 7) is 2.02. The molecule has 0 radical (unpaired) electrons. The number of carbonyl (C=O) groups excluding carboxylic acids is 3. The molecule has 0 bridgehead atoms. The summed E-state index contributed by atoms with van der Waals surface area (Å²) in [4.78, 5) is 64.8. The molecular formula is C27H18O12. The molecule has 1 aliphatic rings. The smallest absolute Gasteiger partial charge is 0.340 e. The first kappa shape index (κ1) is 25.3. The zero-order valence-electron chi connectivity index (χ0n) is 20.2. The summed E-state index contributed by atoms with van der Waals surface area (Å²) in [6.07, 6.45) is 0. The fraction of sp³-hybridized carbons (Fsp3) is 0.148. The fourth-order valence-electron chi connectivity index (χ4n) is 4.79. The maximum Gasteiger partial charge on any atom is 0.340 e. The van der Waals surface area contributed by atoms with Gasteiger partial charge in [0.15, 0.2) is 40.3 Å². The maximum atomic E-state index is 13.7. The van der Waals surface area contributed by atoms with E-state index in [1.54, 1.807) is 0 Å². The number of ketones is 3. The Kier molecular flexibility index (Phi) is 5.56. The lowest BCUT2D eigenvalue weighted by atomic mass is 9.83. The number of phenolic OH excluding ortho intramolecular Hbond substituents is 3. The number of Topliss-reactive ketones (excluding diaryl/α,β-unsaturated/α-hetero) is 3. The molecule has 5 N–H and O–H groups in total. The van der Waals surface area contributed by atoms with E-state index in [0.717, 1.165) is 24.3 Å². The Morgan fingerprint density at radius 2 is 1.56 bits per heavy atom. The number of aromatic hydroxyl groups is 4. The van der Waals surface area contributed by atoms with Gasteiger partial charge < -0.3 is 34.7 Å². The van der Waals surface area contributed by atoms with Gasteiger partial charge in [-0.1, -0.05) is 0 Å².